The lowest BCUT2D eigenvalue weighted by molar-refractivity contribution is 0.0886. The van der Waals surface area contributed by atoms with Gasteiger partial charge >= 0.3 is 0 Å². The van der Waals surface area contributed by atoms with Crippen molar-refractivity contribution in [3.05, 3.63) is 83.7 Å². The SMILES string of the molecule is CN1CCN([C@@H](CNC(=O)c2ccc3ccccc3c2)c2ccc(F)cc2)CC1. The van der Waals surface area contributed by atoms with E-state index < -0.39 is 0 Å². The monoisotopic (exact) mass is 391 g/mol. The van der Waals surface area contributed by atoms with Gasteiger partial charge in [-0.1, -0.05) is 42.5 Å². The molecule has 0 saturated carbocycles. The summed E-state index contributed by atoms with van der Waals surface area (Å²) in [6, 6.07) is 20.4. The summed E-state index contributed by atoms with van der Waals surface area (Å²) in [5.74, 6) is -0.330. The van der Waals surface area contributed by atoms with Crippen molar-refractivity contribution in [2.45, 2.75) is 6.04 Å². The second kappa shape index (κ2) is 8.72. The predicted octanol–water partition coefficient (Wildman–Crippen LogP) is 3.70. The number of halogens is 1. The minimum Gasteiger partial charge on any atom is -0.350 e. The van der Waals surface area contributed by atoms with Gasteiger partial charge in [-0.3, -0.25) is 9.69 Å². The molecule has 4 rings (SSSR count). The fourth-order valence-electron chi connectivity index (χ4n) is 3.90. The maximum absolute atomic E-state index is 13.4. The number of piperazine rings is 1. The first-order valence-corrected chi connectivity index (χ1v) is 10.1. The lowest BCUT2D eigenvalue weighted by Crippen LogP contribution is -2.48. The van der Waals surface area contributed by atoms with Gasteiger partial charge in [0.15, 0.2) is 0 Å². The number of nitrogens with one attached hydrogen (secondary N) is 1. The predicted molar refractivity (Wildman–Crippen MR) is 114 cm³/mol. The van der Waals surface area contributed by atoms with Crippen molar-refractivity contribution in [1.82, 2.24) is 15.1 Å². The molecule has 150 valence electrons. The first-order chi connectivity index (χ1) is 14.1. The lowest BCUT2D eigenvalue weighted by Gasteiger charge is -2.38. The number of carbonyl (C=O) groups excluding carboxylic acids is 1. The molecule has 4 nitrogen and oxygen atoms in total. The van der Waals surface area contributed by atoms with Crippen LogP contribution in [0.4, 0.5) is 4.39 Å². The van der Waals surface area contributed by atoms with Crippen molar-refractivity contribution in [2.24, 2.45) is 0 Å². The van der Waals surface area contributed by atoms with Gasteiger partial charge in [-0.2, -0.15) is 0 Å². The van der Waals surface area contributed by atoms with Crippen LogP contribution in [0.3, 0.4) is 0 Å². The highest BCUT2D eigenvalue weighted by molar-refractivity contribution is 5.98. The second-order valence-corrected chi connectivity index (χ2v) is 7.68. The molecular formula is C24H26FN3O. The summed E-state index contributed by atoms with van der Waals surface area (Å²) >= 11 is 0. The Labute approximate surface area is 170 Å². The zero-order valence-corrected chi connectivity index (χ0v) is 16.6. The third-order valence-corrected chi connectivity index (χ3v) is 5.70. The molecule has 29 heavy (non-hydrogen) atoms. The Kier molecular flexibility index (Phi) is 5.88. The molecule has 3 aromatic carbocycles. The molecule has 3 aromatic rings. The molecule has 0 bridgehead atoms. The molecule has 1 N–H and O–H groups in total. The average Bonchev–Trinajstić information content (AvgIpc) is 2.75. The van der Waals surface area contributed by atoms with Gasteiger partial charge in [0.05, 0.1) is 6.04 Å². The number of fused-ring (bicyclic) bond motifs is 1. The third-order valence-electron chi connectivity index (χ3n) is 5.70. The normalized spacial score (nSPS) is 16.6. The molecule has 1 aliphatic heterocycles. The number of nitrogens with zero attached hydrogens (tertiary/aromatic N) is 2. The zero-order chi connectivity index (χ0) is 20.2. The van der Waals surface area contributed by atoms with E-state index in [1.165, 1.54) is 12.1 Å². The number of likely N-dealkylation sites (N-methyl/N-ethyl adjacent to an activating group) is 1. The largest absolute Gasteiger partial charge is 0.350 e. The first-order valence-electron chi connectivity index (χ1n) is 10.1. The molecule has 0 spiro atoms. The zero-order valence-electron chi connectivity index (χ0n) is 16.6. The van der Waals surface area contributed by atoms with Gasteiger partial charge in [-0.05, 0) is 47.6 Å². The van der Waals surface area contributed by atoms with E-state index in [0.29, 0.717) is 12.1 Å². The quantitative estimate of drug-likeness (QED) is 0.720. The molecule has 0 unspecified atom stereocenters. The molecule has 5 heteroatoms. The lowest BCUT2D eigenvalue weighted by atomic mass is 10.0. The van der Waals surface area contributed by atoms with Crippen LogP contribution in [0.2, 0.25) is 0 Å². The summed E-state index contributed by atoms with van der Waals surface area (Å²) < 4.78 is 13.4. The summed E-state index contributed by atoms with van der Waals surface area (Å²) in [5, 5.41) is 5.26. The van der Waals surface area contributed by atoms with E-state index in [-0.39, 0.29) is 17.8 Å². The van der Waals surface area contributed by atoms with Crippen LogP contribution in [-0.2, 0) is 0 Å². The van der Waals surface area contributed by atoms with Crippen molar-refractivity contribution in [3.63, 3.8) is 0 Å². The Morgan fingerprint density at radius 2 is 1.66 bits per heavy atom. The molecule has 1 saturated heterocycles. The minimum absolute atomic E-state index is 0.0220. The number of benzene rings is 3. The Hall–Kier alpha value is -2.76. The molecular weight excluding hydrogens is 365 g/mol. The van der Waals surface area contributed by atoms with Gasteiger partial charge < -0.3 is 10.2 Å². The van der Waals surface area contributed by atoms with E-state index in [4.69, 9.17) is 0 Å². The van der Waals surface area contributed by atoms with Crippen molar-refractivity contribution >= 4 is 16.7 Å². The summed E-state index contributed by atoms with van der Waals surface area (Å²) in [6.07, 6.45) is 0. The van der Waals surface area contributed by atoms with Crippen molar-refractivity contribution in [2.75, 3.05) is 39.8 Å². The fraction of sp³-hybridized carbons (Fsp3) is 0.292. The van der Waals surface area contributed by atoms with Gasteiger partial charge in [0.2, 0.25) is 0 Å². The van der Waals surface area contributed by atoms with Crippen LogP contribution in [-0.4, -0.2) is 55.5 Å². The highest BCUT2D eigenvalue weighted by atomic mass is 19.1. The van der Waals surface area contributed by atoms with Crippen LogP contribution in [0.15, 0.2) is 66.7 Å². The molecule has 1 heterocycles. The summed E-state index contributed by atoms with van der Waals surface area (Å²) in [5.41, 5.74) is 1.68. The Morgan fingerprint density at radius 1 is 0.966 bits per heavy atom. The summed E-state index contributed by atoms with van der Waals surface area (Å²) in [6.45, 7) is 4.29. The smallest absolute Gasteiger partial charge is 0.251 e. The maximum atomic E-state index is 13.4. The van der Waals surface area contributed by atoms with Crippen molar-refractivity contribution in [1.29, 1.82) is 0 Å². The van der Waals surface area contributed by atoms with Crippen LogP contribution in [0.1, 0.15) is 22.0 Å². The highest BCUT2D eigenvalue weighted by Crippen LogP contribution is 2.22. The Bertz CT molecular complexity index is 981. The van der Waals surface area contributed by atoms with Gasteiger partial charge in [0.1, 0.15) is 5.82 Å². The van der Waals surface area contributed by atoms with E-state index in [0.717, 1.165) is 42.5 Å². The van der Waals surface area contributed by atoms with E-state index in [1.54, 1.807) is 0 Å². The Morgan fingerprint density at radius 3 is 2.38 bits per heavy atom. The first kappa shape index (κ1) is 19.6. The standard InChI is InChI=1S/C24H26FN3O/c1-27-12-14-28(15-13-27)23(19-8-10-22(25)11-9-19)17-26-24(29)21-7-6-18-4-2-3-5-20(18)16-21/h2-11,16,23H,12-15,17H2,1H3,(H,26,29)/t23-/m0/s1. The maximum Gasteiger partial charge on any atom is 0.251 e. The minimum atomic E-state index is -0.244. The highest BCUT2D eigenvalue weighted by Gasteiger charge is 2.24. The molecule has 0 aliphatic carbocycles. The second-order valence-electron chi connectivity index (χ2n) is 7.68. The molecule has 0 radical (unpaired) electrons. The molecule has 1 fully saturated rings. The van der Waals surface area contributed by atoms with Crippen molar-refractivity contribution in [3.8, 4) is 0 Å². The number of hydrogen-bond donors (Lipinski definition) is 1. The Balaban J connectivity index is 1.50. The van der Waals surface area contributed by atoms with Crippen LogP contribution in [0.5, 0.6) is 0 Å². The average molecular weight is 391 g/mol. The topological polar surface area (TPSA) is 35.6 Å². The van der Waals surface area contributed by atoms with Crippen LogP contribution >= 0.6 is 0 Å². The van der Waals surface area contributed by atoms with Crippen LogP contribution in [0, 0.1) is 5.82 Å². The van der Waals surface area contributed by atoms with Crippen LogP contribution < -0.4 is 5.32 Å². The van der Waals surface area contributed by atoms with Crippen LogP contribution in [0.25, 0.3) is 10.8 Å². The van der Waals surface area contributed by atoms with Crippen molar-refractivity contribution < 1.29 is 9.18 Å². The number of carbonyl (C=O) groups is 1. The number of hydrogen-bond acceptors (Lipinski definition) is 3. The molecule has 1 amide bonds. The number of amides is 1. The molecule has 1 aliphatic rings. The third kappa shape index (κ3) is 4.63. The molecule has 0 aromatic heterocycles. The number of rotatable bonds is 5. The van der Waals surface area contributed by atoms with Gasteiger partial charge in [-0.15, -0.1) is 0 Å². The van der Waals surface area contributed by atoms with E-state index in [2.05, 4.69) is 22.2 Å². The van der Waals surface area contributed by atoms with E-state index in [1.807, 2.05) is 54.6 Å². The summed E-state index contributed by atoms with van der Waals surface area (Å²) in [4.78, 5) is 17.5. The summed E-state index contributed by atoms with van der Waals surface area (Å²) in [7, 11) is 2.12. The van der Waals surface area contributed by atoms with E-state index >= 15 is 0 Å². The fourth-order valence-corrected chi connectivity index (χ4v) is 3.90. The van der Waals surface area contributed by atoms with Gasteiger partial charge in [-0.25, -0.2) is 4.39 Å². The van der Waals surface area contributed by atoms with E-state index in [9.17, 15) is 9.18 Å². The molecule has 1 atom stereocenters. The van der Waals surface area contributed by atoms with Gasteiger partial charge in [0, 0.05) is 38.3 Å². The van der Waals surface area contributed by atoms with Gasteiger partial charge in [0.25, 0.3) is 5.91 Å².